The molecule has 1 aromatic carbocycles. The van der Waals surface area contributed by atoms with Crippen LogP contribution in [0.1, 0.15) is 26.7 Å². The van der Waals surface area contributed by atoms with E-state index in [1.54, 1.807) is 0 Å². The van der Waals surface area contributed by atoms with E-state index in [1.807, 2.05) is 12.1 Å². The van der Waals surface area contributed by atoms with Crippen molar-refractivity contribution < 1.29 is 0 Å². The normalized spacial score (nSPS) is 18.3. The number of halogens is 1. The van der Waals surface area contributed by atoms with Crippen LogP contribution in [0, 0.1) is 0 Å². The highest BCUT2D eigenvalue weighted by molar-refractivity contribution is 9.10. The van der Waals surface area contributed by atoms with Crippen LogP contribution < -0.4 is 10.6 Å². The van der Waals surface area contributed by atoms with Gasteiger partial charge in [0.05, 0.1) is 12.1 Å². The minimum absolute atomic E-state index is 0.0465. The Bertz CT molecular complexity index is 438. The Hall–Kier alpha value is -1.03. The van der Waals surface area contributed by atoms with Crippen LogP contribution in [0.5, 0.6) is 0 Å². The third-order valence-corrected chi connectivity index (χ3v) is 4.11. The van der Waals surface area contributed by atoms with Gasteiger partial charge in [-0.05, 0) is 31.0 Å². The van der Waals surface area contributed by atoms with E-state index in [0.717, 1.165) is 29.5 Å². The topological polar surface area (TPSA) is 41.6 Å². The lowest BCUT2D eigenvalue weighted by molar-refractivity contribution is 0.426. The van der Waals surface area contributed by atoms with E-state index < -0.39 is 0 Å². The summed E-state index contributed by atoms with van der Waals surface area (Å²) in [7, 11) is 0. The average Bonchev–Trinajstić information content (AvgIpc) is 2.67. The number of hydrogen-bond donors (Lipinski definition) is 1. The van der Waals surface area contributed by atoms with Crippen molar-refractivity contribution in [1.82, 2.24) is 0 Å². The van der Waals surface area contributed by atoms with E-state index >= 15 is 0 Å². The van der Waals surface area contributed by atoms with Gasteiger partial charge in [-0.2, -0.15) is 0 Å². The maximum Gasteiger partial charge on any atom is 0.196 e. The molecule has 3 nitrogen and oxygen atoms in total. The molecule has 0 amide bonds. The molecule has 1 heterocycles. The molecule has 0 atom stereocenters. The zero-order chi connectivity index (χ0) is 12.5. The SMILES string of the molecule is CCC1(CC)CN=C(N)N1c1cccc(Br)c1. The van der Waals surface area contributed by atoms with Crippen molar-refractivity contribution in [2.24, 2.45) is 10.7 Å². The number of benzene rings is 1. The van der Waals surface area contributed by atoms with Crippen molar-refractivity contribution in [2.45, 2.75) is 32.2 Å². The highest BCUT2D eigenvalue weighted by Crippen LogP contribution is 2.34. The summed E-state index contributed by atoms with van der Waals surface area (Å²) in [6.07, 6.45) is 2.08. The zero-order valence-electron chi connectivity index (χ0n) is 10.3. The van der Waals surface area contributed by atoms with Crippen molar-refractivity contribution in [3.8, 4) is 0 Å². The molecule has 1 aliphatic rings. The van der Waals surface area contributed by atoms with Gasteiger partial charge in [0.1, 0.15) is 0 Å². The number of anilines is 1. The predicted octanol–water partition coefficient (Wildman–Crippen LogP) is 3.14. The first-order valence-corrected chi connectivity index (χ1v) is 6.78. The molecule has 2 N–H and O–H groups in total. The molecule has 17 heavy (non-hydrogen) atoms. The summed E-state index contributed by atoms with van der Waals surface area (Å²) in [6.45, 7) is 5.18. The molecule has 0 saturated carbocycles. The monoisotopic (exact) mass is 295 g/mol. The van der Waals surface area contributed by atoms with Crippen LogP contribution in [0.15, 0.2) is 33.7 Å². The van der Waals surface area contributed by atoms with E-state index in [-0.39, 0.29) is 5.54 Å². The van der Waals surface area contributed by atoms with Crippen LogP contribution in [-0.4, -0.2) is 18.0 Å². The van der Waals surface area contributed by atoms with Gasteiger partial charge < -0.3 is 10.6 Å². The van der Waals surface area contributed by atoms with Gasteiger partial charge in [0.2, 0.25) is 0 Å². The molecule has 0 radical (unpaired) electrons. The van der Waals surface area contributed by atoms with Crippen molar-refractivity contribution in [3.05, 3.63) is 28.7 Å². The summed E-state index contributed by atoms with van der Waals surface area (Å²) < 4.78 is 1.07. The minimum atomic E-state index is 0.0465. The molecule has 0 aromatic heterocycles. The van der Waals surface area contributed by atoms with Crippen LogP contribution in [0.3, 0.4) is 0 Å². The van der Waals surface area contributed by atoms with Crippen LogP contribution in [0.25, 0.3) is 0 Å². The van der Waals surface area contributed by atoms with Crippen molar-refractivity contribution >= 4 is 27.6 Å². The van der Waals surface area contributed by atoms with E-state index in [4.69, 9.17) is 5.73 Å². The molecule has 0 aliphatic carbocycles. The highest BCUT2D eigenvalue weighted by atomic mass is 79.9. The van der Waals surface area contributed by atoms with E-state index in [9.17, 15) is 0 Å². The van der Waals surface area contributed by atoms with Crippen LogP contribution in [0.2, 0.25) is 0 Å². The van der Waals surface area contributed by atoms with Crippen molar-refractivity contribution in [1.29, 1.82) is 0 Å². The summed E-state index contributed by atoms with van der Waals surface area (Å²) in [4.78, 5) is 6.60. The molecule has 0 spiro atoms. The smallest absolute Gasteiger partial charge is 0.196 e. The summed E-state index contributed by atoms with van der Waals surface area (Å²) in [5, 5.41) is 0. The second kappa shape index (κ2) is 4.69. The fourth-order valence-corrected chi connectivity index (χ4v) is 2.81. The van der Waals surface area contributed by atoms with Gasteiger partial charge in [-0.15, -0.1) is 0 Å². The first-order chi connectivity index (χ1) is 8.13. The maximum atomic E-state index is 6.05. The van der Waals surface area contributed by atoms with Crippen LogP contribution in [-0.2, 0) is 0 Å². The van der Waals surface area contributed by atoms with Gasteiger partial charge >= 0.3 is 0 Å². The van der Waals surface area contributed by atoms with Gasteiger partial charge in [-0.3, -0.25) is 4.99 Å². The Kier molecular flexibility index (Phi) is 3.43. The second-order valence-electron chi connectivity index (χ2n) is 4.42. The molecule has 92 valence electrons. The summed E-state index contributed by atoms with van der Waals surface area (Å²) >= 11 is 3.50. The molecule has 0 bridgehead atoms. The highest BCUT2D eigenvalue weighted by Gasteiger charge is 2.40. The Morgan fingerprint density at radius 1 is 1.41 bits per heavy atom. The van der Waals surface area contributed by atoms with Gasteiger partial charge in [-0.25, -0.2) is 0 Å². The molecule has 2 rings (SSSR count). The van der Waals surface area contributed by atoms with E-state index in [0.29, 0.717) is 5.96 Å². The third-order valence-electron chi connectivity index (χ3n) is 3.62. The standard InChI is InChI=1S/C13H18BrN3/c1-3-13(4-2)9-16-12(15)17(13)11-7-5-6-10(14)8-11/h5-8H,3-4,9H2,1-2H3,(H2,15,16). The lowest BCUT2D eigenvalue weighted by Gasteiger charge is -2.38. The molecule has 0 saturated heterocycles. The minimum Gasteiger partial charge on any atom is -0.369 e. The molecule has 0 unspecified atom stereocenters. The van der Waals surface area contributed by atoms with Crippen molar-refractivity contribution in [3.63, 3.8) is 0 Å². The van der Waals surface area contributed by atoms with Gasteiger partial charge in [0, 0.05) is 10.2 Å². The van der Waals surface area contributed by atoms with Gasteiger partial charge in [0.25, 0.3) is 0 Å². The lowest BCUT2D eigenvalue weighted by atomic mass is 9.91. The number of guanidine groups is 1. The Labute approximate surface area is 111 Å². The van der Waals surface area contributed by atoms with E-state index in [1.165, 1.54) is 0 Å². The predicted molar refractivity (Wildman–Crippen MR) is 76.4 cm³/mol. The number of rotatable bonds is 3. The molecular weight excluding hydrogens is 278 g/mol. The average molecular weight is 296 g/mol. The quantitative estimate of drug-likeness (QED) is 0.931. The molecule has 4 heteroatoms. The molecule has 0 fully saturated rings. The Morgan fingerprint density at radius 2 is 2.12 bits per heavy atom. The molecule has 1 aromatic rings. The first kappa shape index (κ1) is 12.4. The number of nitrogens with two attached hydrogens (primary N) is 1. The maximum absolute atomic E-state index is 6.05. The summed E-state index contributed by atoms with van der Waals surface area (Å²) in [6, 6.07) is 8.22. The van der Waals surface area contributed by atoms with Gasteiger partial charge in [-0.1, -0.05) is 35.8 Å². The van der Waals surface area contributed by atoms with Crippen LogP contribution in [0.4, 0.5) is 5.69 Å². The lowest BCUT2D eigenvalue weighted by Crippen LogP contribution is -2.51. The largest absolute Gasteiger partial charge is 0.369 e. The molecule has 1 aliphatic heterocycles. The van der Waals surface area contributed by atoms with E-state index in [2.05, 4.69) is 51.8 Å². The fourth-order valence-electron chi connectivity index (χ4n) is 2.42. The Balaban J connectivity index is 2.43. The second-order valence-corrected chi connectivity index (χ2v) is 5.34. The zero-order valence-corrected chi connectivity index (χ0v) is 11.9. The fraction of sp³-hybridized carbons (Fsp3) is 0.462. The third kappa shape index (κ3) is 2.06. The summed E-state index contributed by atoms with van der Waals surface area (Å²) in [5.41, 5.74) is 7.21. The van der Waals surface area contributed by atoms with Crippen molar-refractivity contribution in [2.75, 3.05) is 11.4 Å². The number of aliphatic imine (C=N–C) groups is 1. The summed E-state index contributed by atoms with van der Waals surface area (Å²) in [5.74, 6) is 0.631. The first-order valence-electron chi connectivity index (χ1n) is 5.98. The number of hydrogen-bond acceptors (Lipinski definition) is 3. The number of nitrogens with zero attached hydrogens (tertiary/aromatic N) is 2. The van der Waals surface area contributed by atoms with Gasteiger partial charge in [0.15, 0.2) is 5.96 Å². The Morgan fingerprint density at radius 3 is 2.71 bits per heavy atom. The van der Waals surface area contributed by atoms with Crippen LogP contribution >= 0.6 is 15.9 Å². The molecular formula is C13H18BrN3.